The summed E-state index contributed by atoms with van der Waals surface area (Å²) in [6.07, 6.45) is -2.10. The smallest absolute Gasteiger partial charge is 0.413 e. The van der Waals surface area contributed by atoms with Gasteiger partial charge in [0.15, 0.2) is 6.10 Å². The van der Waals surface area contributed by atoms with Gasteiger partial charge in [0.05, 0.1) is 13.0 Å². The predicted octanol–water partition coefficient (Wildman–Crippen LogP) is 1.47. The van der Waals surface area contributed by atoms with Crippen molar-refractivity contribution in [1.29, 1.82) is 0 Å². The molecule has 1 fully saturated rings. The van der Waals surface area contributed by atoms with E-state index in [9.17, 15) is 19.2 Å². The Morgan fingerprint density at radius 3 is 2.62 bits per heavy atom. The summed E-state index contributed by atoms with van der Waals surface area (Å²) in [7, 11) is 1.12. The number of methoxy groups -OCH3 is 1. The Hall–Kier alpha value is -2.90. The lowest BCUT2D eigenvalue weighted by molar-refractivity contribution is -0.158. The number of hydrogen-bond donors (Lipinski definition) is 1. The molecular formula is C18H22N2O6. The minimum atomic E-state index is -1.17. The third kappa shape index (κ3) is 4.19. The molecule has 1 N–H and O–H groups in total. The molecule has 26 heavy (non-hydrogen) atoms. The molecule has 0 radical (unpaired) electrons. The molecule has 1 aromatic carbocycles. The first-order valence-corrected chi connectivity index (χ1v) is 8.20. The molecule has 0 aliphatic carbocycles. The summed E-state index contributed by atoms with van der Waals surface area (Å²) in [5.41, 5.74) is 2.79. The van der Waals surface area contributed by atoms with Crippen molar-refractivity contribution in [1.82, 2.24) is 5.32 Å². The molecule has 0 aromatic heterocycles. The Balaban J connectivity index is 2.01. The Bertz CT molecular complexity index is 745. The maximum Gasteiger partial charge on any atom is 0.413 e. The number of aryl methyl sites for hydroxylation is 1. The van der Waals surface area contributed by atoms with Crippen LogP contribution < -0.4 is 10.2 Å². The number of nitrogens with one attached hydrogen (secondary N) is 1. The highest BCUT2D eigenvalue weighted by atomic mass is 16.6. The highest BCUT2D eigenvalue weighted by molar-refractivity contribution is 6.00. The number of rotatable bonds is 4. The number of ether oxygens (including phenoxy) is 2. The fraction of sp³-hybridized carbons (Fsp3) is 0.444. The lowest BCUT2D eigenvalue weighted by atomic mass is 10.1. The number of benzene rings is 1. The number of carbonyl (C=O) groups is 4. The summed E-state index contributed by atoms with van der Waals surface area (Å²) >= 11 is 0. The standard InChI is InChI=1S/C18H22N2O6/c1-10-6-5-7-14(11(10)2)20-9-13(8-15(20)21)17(23)26-12(3)16(22)19-18(24)25-4/h5-7,12-13H,8-9H2,1-4H3,(H,19,22,24)/t12-,13-/m1/s1. The van der Waals surface area contributed by atoms with Gasteiger partial charge in [-0.3, -0.25) is 19.7 Å². The summed E-state index contributed by atoms with van der Waals surface area (Å²) in [6, 6.07) is 5.64. The highest BCUT2D eigenvalue weighted by Crippen LogP contribution is 2.30. The molecule has 8 heteroatoms. The van der Waals surface area contributed by atoms with Gasteiger partial charge in [-0.25, -0.2) is 4.79 Å². The van der Waals surface area contributed by atoms with Crippen LogP contribution in [0, 0.1) is 19.8 Å². The number of esters is 1. The molecular weight excluding hydrogens is 340 g/mol. The Morgan fingerprint density at radius 1 is 1.27 bits per heavy atom. The average molecular weight is 362 g/mol. The minimum absolute atomic E-state index is 0.0115. The SMILES string of the molecule is COC(=O)NC(=O)[C@@H](C)OC(=O)[C@@H]1CC(=O)N(c2cccc(C)c2C)C1. The number of alkyl carbamates (subject to hydrolysis) is 1. The van der Waals surface area contributed by atoms with Crippen LogP contribution in [0.1, 0.15) is 24.5 Å². The van der Waals surface area contributed by atoms with Crippen molar-refractivity contribution >= 4 is 29.6 Å². The molecule has 2 rings (SSSR count). The lowest BCUT2D eigenvalue weighted by Gasteiger charge is -2.20. The molecule has 1 saturated heterocycles. The molecule has 0 saturated carbocycles. The second-order valence-electron chi connectivity index (χ2n) is 6.18. The largest absolute Gasteiger partial charge is 0.453 e. The van der Waals surface area contributed by atoms with Crippen LogP contribution in [0.2, 0.25) is 0 Å². The van der Waals surface area contributed by atoms with Gasteiger partial charge in [0.1, 0.15) is 0 Å². The van der Waals surface area contributed by atoms with Crippen LogP contribution in [0.5, 0.6) is 0 Å². The van der Waals surface area contributed by atoms with Gasteiger partial charge in [0.2, 0.25) is 5.91 Å². The van der Waals surface area contributed by atoms with Crippen LogP contribution >= 0.6 is 0 Å². The van der Waals surface area contributed by atoms with Crippen molar-refractivity contribution in [2.75, 3.05) is 18.6 Å². The van der Waals surface area contributed by atoms with Crippen molar-refractivity contribution < 1.29 is 28.7 Å². The predicted molar refractivity (Wildman–Crippen MR) is 92.5 cm³/mol. The summed E-state index contributed by atoms with van der Waals surface area (Å²) in [6.45, 7) is 5.40. The topological polar surface area (TPSA) is 102 Å². The van der Waals surface area contributed by atoms with Crippen LogP contribution in [0.15, 0.2) is 18.2 Å². The molecule has 0 spiro atoms. The van der Waals surface area contributed by atoms with Crippen LogP contribution in [0.4, 0.5) is 10.5 Å². The zero-order chi connectivity index (χ0) is 19.4. The van der Waals surface area contributed by atoms with E-state index in [2.05, 4.69) is 4.74 Å². The highest BCUT2D eigenvalue weighted by Gasteiger charge is 2.38. The van der Waals surface area contributed by atoms with E-state index in [0.29, 0.717) is 0 Å². The van der Waals surface area contributed by atoms with Crippen molar-refractivity contribution in [2.24, 2.45) is 5.92 Å². The van der Waals surface area contributed by atoms with Crippen molar-refractivity contribution in [3.63, 3.8) is 0 Å². The van der Waals surface area contributed by atoms with Gasteiger partial charge < -0.3 is 14.4 Å². The van der Waals surface area contributed by atoms with Gasteiger partial charge in [0.25, 0.3) is 5.91 Å². The van der Waals surface area contributed by atoms with E-state index in [-0.39, 0.29) is 18.9 Å². The van der Waals surface area contributed by atoms with Crippen LogP contribution in [0.3, 0.4) is 0 Å². The second kappa shape index (κ2) is 7.99. The first kappa shape index (κ1) is 19.4. The van der Waals surface area contributed by atoms with Gasteiger partial charge >= 0.3 is 12.1 Å². The molecule has 1 heterocycles. The van der Waals surface area contributed by atoms with E-state index in [1.54, 1.807) is 4.90 Å². The molecule has 8 nitrogen and oxygen atoms in total. The molecule has 1 aromatic rings. The Labute approximate surface area is 151 Å². The van der Waals surface area contributed by atoms with Gasteiger partial charge in [0, 0.05) is 18.7 Å². The third-order valence-corrected chi connectivity index (χ3v) is 4.40. The van der Waals surface area contributed by atoms with Crippen molar-refractivity contribution in [2.45, 2.75) is 33.3 Å². The lowest BCUT2D eigenvalue weighted by Crippen LogP contribution is -2.40. The first-order valence-electron chi connectivity index (χ1n) is 8.20. The summed E-state index contributed by atoms with van der Waals surface area (Å²) in [5.74, 6) is -2.29. The van der Waals surface area contributed by atoms with Gasteiger partial charge in [-0.05, 0) is 38.0 Å². The summed E-state index contributed by atoms with van der Waals surface area (Å²) in [5, 5.41) is 1.93. The van der Waals surface area contributed by atoms with Gasteiger partial charge in [-0.2, -0.15) is 0 Å². The average Bonchev–Trinajstić information content (AvgIpc) is 2.98. The van der Waals surface area contributed by atoms with Crippen LogP contribution in [-0.4, -0.2) is 43.6 Å². The van der Waals surface area contributed by atoms with E-state index in [1.165, 1.54) is 6.92 Å². The van der Waals surface area contributed by atoms with Crippen molar-refractivity contribution in [3.05, 3.63) is 29.3 Å². The van der Waals surface area contributed by atoms with E-state index in [0.717, 1.165) is 23.9 Å². The number of imide groups is 1. The van der Waals surface area contributed by atoms with E-state index in [1.807, 2.05) is 37.4 Å². The summed E-state index contributed by atoms with van der Waals surface area (Å²) in [4.78, 5) is 48.9. The van der Waals surface area contributed by atoms with Crippen LogP contribution in [0.25, 0.3) is 0 Å². The molecule has 0 bridgehead atoms. The van der Waals surface area contributed by atoms with Gasteiger partial charge in [-0.15, -0.1) is 0 Å². The second-order valence-corrected chi connectivity index (χ2v) is 6.18. The fourth-order valence-electron chi connectivity index (χ4n) is 2.70. The summed E-state index contributed by atoms with van der Waals surface area (Å²) < 4.78 is 9.40. The molecule has 2 atom stereocenters. The monoisotopic (exact) mass is 362 g/mol. The molecule has 140 valence electrons. The fourth-order valence-corrected chi connectivity index (χ4v) is 2.70. The molecule has 1 aliphatic heterocycles. The van der Waals surface area contributed by atoms with Crippen LogP contribution in [-0.2, 0) is 23.9 Å². The van der Waals surface area contributed by atoms with E-state index < -0.39 is 30.0 Å². The minimum Gasteiger partial charge on any atom is -0.453 e. The number of amides is 3. The van der Waals surface area contributed by atoms with Gasteiger partial charge in [-0.1, -0.05) is 12.1 Å². The normalized spacial score (nSPS) is 17.6. The maximum absolute atomic E-state index is 12.3. The maximum atomic E-state index is 12.3. The zero-order valence-electron chi connectivity index (χ0n) is 15.2. The Morgan fingerprint density at radius 2 is 1.96 bits per heavy atom. The van der Waals surface area contributed by atoms with Crippen molar-refractivity contribution in [3.8, 4) is 0 Å². The third-order valence-electron chi connectivity index (χ3n) is 4.40. The van der Waals surface area contributed by atoms with E-state index >= 15 is 0 Å². The molecule has 1 aliphatic rings. The quantitative estimate of drug-likeness (QED) is 0.814. The number of nitrogens with zero attached hydrogens (tertiary/aromatic N) is 1. The number of hydrogen-bond acceptors (Lipinski definition) is 6. The van der Waals surface area contributed by atoms with E-state index in [4.69, 9.17) is 4.74 Å². The number of anilines is 1. The first-order chi connectivity index (χ1) is 12.2. The number of carbonyl (C=O) groups excluding carboxylic acids is 4. The molecule has 0 unspecified atom stereocenters. The molecule has 3 amide bonds. The Kier molecular flexibility index (Phi) is 5.97. The zero-order valence-corrected chi connectivity index (χ0v) is 15.2.